The lowest BCUT2D eigenvalue weighted by Gasteiger charge is -2.48. The molecule has 2 N–H and O–H groups in total. The van der Waals surface area contributed by atoms with E-state index < -0.39 is 0 Å². The van der Waals surface area contributed by atoms with Crippen molar-refractivity contribution in [3.05, 3.63) is 0 Å². The maximum Gasteiger partial charge on any atom is 0.223 e. The van der Waals surface area contributed by atoms with Gasteiger partial charge in [0.05, 0.1) is 0 Å². The van der Waals surface area contributed by atoms with Gasteiger partial charge >= 0.3 is 0 Å². The molecule has 4 heteroatoms. The zero-order valence-corrected chi connectivity index (χ0v) is 11.1. The second kappa shape index (κ2) is 5.36. The molecule has 2 unspecified atom stereocenters. The van der Waals surface area contributed by atoms with E-state index in [9.17, 15) is 4.79 Å². The SMILES string of the molecule is CN(C)C(=O)CCN1C2CCCC1CC(N)C2. The van der Waals surface area contributed by atoms with Gasteiger partial charge in [-0.1, -0.05) is 6.42 Å². The molecule has 2 bridgehead atoms. The minimum Gasteiger partial charge on any atom is -0.349 e. The first-order valence-electron chi connectivity index (χ1n) is 6.79. The first kappa shape index (κ1) is 12.8. The molecule has 0 aliphatic carbocycles. The van der Waals surface area contributed by atoms with Gasteiger partial charge in [0.1, 0.15) is 0 Å². The summed E-state index contributed by atoms with van der Waals surface area (Å²) in [7, 11) is 3.66. The Labute approximate surface area is 104 Å². The van der Waals surface area contributed by atoms with Crippen LogP contribution in [0.2, 0.25) is 0 Å². The monoisotopic (exact) mass is 239 g/mol. The van der Waals surface area contributed by atoms with Crippen LogP contribution in [0.4, 0.5) is 0 Å². The maximum absolute atomic E-state index is 11.6. The Hall–Kier alpha value is -0.610. The molecule has 2 atom stereocenters. The van der Waals surface area contributed by atoms with E-state index in [-0.39, 0.29) is 5.91 Å². The Kier molecular flexibility index (Phi) is 4.05. The molecule has 0 spiro atoms. The standard InChI is InChI=1S/C13H25N3O/c1-15(2)13(17)6-7-16-11-4-3-5-12(16)9-10(14)8-11/h10-12H,3-9,14H2,1-2H3. The number of carbonyl (C=O) groups excluding carboxylic acids is 1. The van der Waals surface area contributed by atoms with Gasteiger partial charge in [-0.15, -0.1) is 0 Å². The van der Waals surface area contributed by atoms with Crippen LogP contribution in [-0.4, -0.2) is 54.5 Å². The van der Waals surface area contributed by atoms with E-state index in [4.69, 9.17) is 5.73 Å². The van der Waals surface area contributed by atoms with Crippen molar-refractivity contribution >= 4 is 5.91 Å². The third kappa shape index (κ3) is 2.99. The number of hydrogen-bond acceptors (Lipinski definition) is 3. The lowest BCUT2D eigenvalue weighted by molar-refractivity contribution is -0.129. The highest BCUT2D eigenvalue weighted by molar-refractivity contribution is 5.75. The summed E-state index contributed by atoms with van der Waals surface area (Å²) in [5.74, 6) is 0.234. The fourth-order valence-corrected chi connectivity index (χ4v) is 3.33. The second-order valence-corrected chi connectivity index (χ2v) is 5.75. The van der Waals surface area contributed by atoms with E-state index in [2.05, 4.69) is 4.90 Å². The third-order valence-corrected chi connectivity index (χ3v) is 4.25. The van der Waals surface area contributed by atoms with Crippen LogP contribution < -0.4 is 5.73 Å². The van der Waals surface area contributed by atoms with Gasteiger partial charge in [-0.05, 0) is 25.7 Å². The van der Waals surface area contributed by atoms with Gasteiger partial charge < -0.3 is 10.6 Å². The summed E-state index contributed by atoms with van der Waals surface area (Å²) in [5.41, 5.74) is 6.09. The van der Waals surface area contributed by atoms with Gasteiger partial charge in [0, 0.05) is 45.2 Å². The zero-order valence-electron chi connectivity index (χ0n) is 11.1. The largest absolute Gasteiger partial charge is 0.349 e. The number of rotatable bonds is 3. The van der Waals surface area contributed by atoms with Gasteiger partial charge in [-0.3, -0.25) is 9.69 Å². The predicted molar refractivity (Wildman–Crippen MR) is 68.7 cm³/mol. The molecule has 0 radical (unpaired) electrons. The third-order valence-electron chi connectivity index (χ3n) is 4.25. The predicted octanol–water partition coefficient (Wildman–Crippen LogP) is 0.809. The Morgan fingerprint density at radius 3 is 2.41 bits per heavy atom. The number of carbonyl (C=O) groups is 1. The van der Waals surface area contributed by atoms with E-state index in [1.165, 1.54) is 19.3 Å². The minimum absolute atomic E-state index is 0.234. The van der Waals surface area contributed by atoms with Crippen molar-refractivity contribution < 1.29 is 4.79 Å². The van der Waals surface area contributed by atoms with E-state index in [1.54, 1.807) is 4.90 Å². The van der Waals surface area contributed by atoms with Crippen LogP contribution in [0.25, 0.3) is 0 Å². The molecule has 2 aliphatic rings. The van der Waals surface area contributed by atoms with Crippen LogP contribution in [0, 0.1) is 0 Å². The van der Waals surface area contributed by atoms with Crippen molar-refractivity contribution in [2.75, 3.05) is 20.6 Å². The smallest absolute Gasteiger partial charge is 0.223 e. The lowest BCUT2D eigenvalue weighted by Crippen LogP contribution is -2.55. The highest BCUT2D eigenvalue weighted by Gasteiger charge is 2.36. The molecule has 2 saturated heterocycles. The molecule has 0 aromatic carbocycles. The molecule has 2 heterocycles. The summed E-state index contributed by atoms with van der Waals surface area (Å²) in [6.45, 7) is 0.916. The second-order valence-electron chi connectivity index (χ2n) is 5.75. The van der Waals surface area contributed by atoms with E-state index in [0.29, 0.717) is 24.5 Å². The highest BCUT2D eigenvalue weighted by Crippen LogP contribution is 2.33. The zero-order chi connectivity index (χ0) is 12.4. The number of hydrogen-bond donors (Lipinski definition) is 1. The van der Waals surface area contributed by atoms with Crippen molar-refractivity contribution in [3.8, 4) is 0 Å². The number of nitrogens with two attached hydrogens (primary N) is 1. The summed E-state index contributed by atoms with van der Waals surface area (Å²) in [6, 6.07) is 1.64. The van der Waals surface area contributed by atoms with Crippen LogP contribution in [0.5, 0.6) is 0 Å². The number of nitrogens with zero attached hydrogens (tertiary/aromatic N) is 2. The fourth-order valence-electron chi connectivity index (χ4n) is 3.33. The van der Waals surface area contributed by atoms with Crippen molar-refractivity contribution in [1.82, 2.24) is 9.80 Å². The lowest BCUT2D eigenvalue weighted by atomic mass is 9.82. The Bertz CT molecular complexity index is 266. The molecule has 98 valence electrons. The summed E-state index contributed by atoms with van der Waals surface area (Å²) in [5, 5.41) is 0. The molecule has 0 aromatic heterocycles. The highest BCUT2D eigenvalue weighted by atomic mass is 16.2. The molecule has 4 nitrogen and oxygen atoms in total. The van der Waals surface area contributed by atoms with Crippen molar-refractivity contribution in [1.29, 1.82) is 0 Å². The summed E-state index contributed by atoms with van der Waals surface area (Å²) >= 11 is 0. The molecule has 2 fully saturated rings. The minimum atomic E-state index is 0.234. The van der Waals surface area contributed by atoms with Gasteiger partial charge in [-0.25, -0.2) is 0 Å². The molecule has 2 rings (SSSR count). The summed E-state index contributed by atoms with van der Waals surface area (Å²) < 4.78 is 0. The van der Waals surface area contributed by atoms with E-state index >= 15 is 0 Å². The van der Waals surface area contributed by atoms with Crippen LogP contribution >= 0.6 is 0 Å². The van der Waals surface area contributed by atoms with Gasteiger partial charge in [0.25, 0.3) is 0 Å². The van der Waals surface area contributed by atoms with Crippen LogP contribution in [-0.2, 0) is 4.79 Å². The normalized spacial score (nSPS) is 33.5. The van der Waals surface area contributed by atoms with Crippen molar-refractivity contribution in [2.24, 2.45) is 5.73 Å². The van der Waals surface area contributed by atoms with Crippen molar-refractivity contribution in [3.63, 3.8) is 0 Å². The molecular weight excluding hydrogens is 214 g/mol. The van der Waals surface area contributed by atoms with E-state index in [1.807, 2.05) is 14.1 Å². The van der Waals surface area contributed by atoms with Crippen LogP contribution in [0.3, 0.4) is 0 Å². The number of fused-ring (bicyclic) bond motifs is 2. The maximum atomic E-state index is 11.6. The van der Waals surface area contributed by atoms with Crippen LogP contribution in [0.1, 0.15) is 38.5 Å². The molecular formula is C13H25N3O. The molecule has 0 saturated carbocycles. The summed E-state index contributed by atoms with van der Waals surface area (Å²) in [4.78, 5) is 15.9. The van der Waals surface area contributed by atoms with Gasteiger partial charge in [-0.2, -0.15) is 0 Å². The topological polar surface area (TPSA) is 49.6 Å². The van der Waals surface area contributed by atoms with E-state index in [0.717, 1.165) is 19.4 Å². The molecule has 2 aliphatic heterocycles. The molecule has 17 heavy (non-hydrogen) atoms. The first-order chi connectivity index (χ1) is 8.08. The van der Waals surface area contributed by atoms with Gasteiger partial charge in [0.2, 0.25) is 5.91 Å². The quantitative estimate of drug-likeness (QED) is 0.793. The van der Waals surface area contributed by atoms with Crippen LogP contribution in [0.15, 0.2) is 0 Å². The average molecular weight is 239 g/mol. The van der Waals surface area contributed by atoms with Crippen molar-refractivity contribution in [2.45, 2.75) is 56.7 Å². The number of amides is 1. The number of piperidine rings is 2. The molecule has 0 aromatic rings. The summed E-state index contributed by atoms with van der Waals surface area (Å²) in [6.07, 6.45) is 6.75. The Balaban J connectivity index is 1.89. The Morgan fingerprint density at radius 2 is 1.88 bits per heavy atom. The van der Waals surface area contributed by atoms with Gasteiger partial charge in [0.15, 0.2) is 0 Å². The first-order valence-corrected chi connectivity index (χ1v) is 6.79. The Morgan fingerprint density at radius 1 is 1.29 bits per heavy atom. The fraction of sp³-hybridized carbons (Fsp3) is 0.923. The molecule has 1 amide bonds. The average Bonchev–Trinajstić information content (AvgIpc) is 2.25.